The van der Waals surface area contributed by atoms with Crippen molar-refractivity contribution < 1.29 is 13.2 Å². The Kier molecular flexibility index (Phi) is 4.81. The number of carbonyl (C=O) groups excluding carboxylic acids is 1. The van der Waals surface area contributed by atoms with Gasteiger partial charge < -0.3 is 9.80 Å². The fourth-order valence-corrected chi connectivity index (χ4v) is 5.86. The van der Waals surface area contributed by atoms with E-state index in [4.69, 9.17) is 11.6 Å². The summed E-state index contributed by atoms with van der Waals surface area (Å²) in [5, 5.41) is 1.31. The average molecular weight is 388 g/mol. The Hall–Kier alpha value is -1.25. The number of rotatable bonds is 3. The molecule has 2 aliphatic rings. The van der Waals surface area contributed by atoms with Gasteiger partial charge in [0, 0.05) is 24.8 Å². The minimum Gasteiger partial charge on any atom is -0.348 e. The van der Waals surface area contributed by atoms with Crippen LogP contribution in [0.1, 0.15) is 0 Å². The van der Waals surface area contributed by atoms with E-state index < -0.39 is 9.84 Å². The number of amides is 1. The van der Waals surface area contributed by atoms with Crippen molar-refractivity contribution in [1.82, 2.24) is 4.90 Å². The summed E-state index contributed by atoms with van der Waals surface area (Å²) < 4.78 is 23.9. The van der Waals surface area contributed by atoms with Crippen molar-refractivity contribution in [2.24, 2.45) is 4.99 Å². The molecule has 1 aromatic carbocycles. The first-order valence-electron chi connectivity index (χ1n) is 7.43. The fourth-order valence-electron chi connectivity index (χ4n) is 2.79. The highest BCUT2D eigenvalue weighted by molar-refractivity contribution is 8.14. The van der Waals surface area contributed by atoms with Gasteiger partial charge in [0.05, 0.1) is 29.3 Å². The van der Waals surface area contributed by atoms with Crippen molar-refractivity contribution in [3.63, 3.8) is 0 Å². The summed E-state index contributed by atoms with van der Waals surface area (Å²) in [6, 6.07) is 6.73. The Morgan fingerprint density at radius 1 is 1.33 bits per heavy atom. The number of amidine groups is 1. The predicted octanol–water partition coefficient (Wildman–Crippen LogP) is 1.50. The number of sulfone groups is 1. The van der Waals surface area contributed by atoms with Gasteiger partial charge >= 0.3 is 0 Å². The van der Waals surface area contributed by atoms with Crippen LogP contribution in [0.4, 0.5) is 5.69 Å². The average Bonchev–Trinajstić information content (AvgIpc) is 2.97. The Morgan fingerprint density at radius 2 is 2.00 bits per heavy atom. The first-order valence-corrected chi connectivity index (χ1v) is 10.6. The quantitative estimate of drug-likeness (QED) is 0.786. The zero-order valence-electron chi connectivity index (χ0n) is 13.3. The summed E-state index contributed by atoms with van der Waals surface area (Å²) in [6.45, 7) is 0. The number of thioether (sulfide) groups is 1. The lowest BCUT2D eigenvalue weighted by atomic mass is 10.1. The summed E-state index contributed by atoms with van der Waals surface area (Å²) in [5.41, 5.74) is 0.840. The van der Waals surface area contributed by atoms with Gasteiger partial charge in [0.15, 0.2) is 15.0 Å². The highest BCUT2D eigenvalue weighted by Crippen LogP contribution is 2.35. The van der Waals surface area contributed by atoms with Crippen LogP contribution in [0.5, 0.6) is 0 Å². The number of fused-ring (bicyclic) bond motifs is 1. The normalized spacial score (nSPS) is 24.6. The maximum atomic E-state index is 12.0. The molecule has 0 spiro atoms. The zero-order chi connectivity index (χ0) is 17.5. The van der Waals surface area contributed by atoms with E-state index in [2.05, 4.69) is 4.99 Å². The lowest BCUT2D eigenvalue weighted by molar-refractivity contribution is -0.125. The van der Waals surface area contributed by atoms with Crippen molar-refractivity contribution in [3.05, 3.63) is 29.3 Å². The molecule has 130 valence electrons. The van der Waals surface area contributed by atoms with Crippen molar-refractivity contribution in [1.29, 1.82) is 0 Å². The van der Waals surface area contributed by atoms with Gasteiger partial charge in [-0.3, -0.25) is 9.79 Å². The number of carbonyl (C=O) groups is 1. The third-order valence-electron chi connectivity index (χ3n) is 4.04. The summed E-state index contributed by atoms with van der Waals surface area (Å²) in [7, 11) is 0.330. The molecule has 0 unspecified atom stereocenters. The lowest BCUT2D eigenvalue weighted by Gasteiger charge is -2.26. The van der Waals surface area contributed by atoms with Crippen molar-refractivity contribution in [3.8, 4) is 0 Å². The Morgan fingerprint density at radius 3 is 2.62 bits per heavy atom. The van der Waals surface area contributed by atoms with Gasteiger partial charge in [-0.1, -0.05) is 23.4 Å². The molecule has 6 nitrogen and oxygen atoms in total. The topological polar surface area (TPSA) is 70.0 Å². The third-order valence-corrected chi connectivity index (χ3v) is 6.94. The molecule has 0 bridgehead atoms. The summed E-state index contributed by atoms with van der Waals surface area (Å²) in [6.07, 6.45) is 0. The van der Waals surface area contributed by atoms with E-state index in [9.17, 15) is 13.2 Å². The van der Waals surface area contributed by atoms with Crippen LogP contribution in [-0.2, 0) is 14.6 Å². The van der Waals surface area contributed by atoms with Gasteiger partial charge in [-0.2, -0.15) is 0 Å². The molecule has 3 rings (SSSR count). The SMILES string of the molecule is CN(C)C(=O)CSC1=N[C@@H]2CS(=O)(=O)C[C@@H]2N1c1ccc(Cl)cc1. The van der Waals surface area contributed by atoms with Crippen molar-refractivity contribution in [2.75, 3.05) is 36.3 Å². The summed E-state index contributed by atoms with van der Waals surface area (Å²) >= 11 is 7.29. The zero-order valence-corrected chi connectivity index (χ0v) is 15.7. The molecular weight excluding hydrogens is 370 g/mol. The molecule has 2 heterocycles. The largest absolute Gasteiger partial charge is 0.348 e. The maximum Gasteiger partial charge on any atom is 0.232 e. The smallest absolute Gasteiger partial charge is 0.232 e. The molecule has 0 aromatic heterocycles. The number of benzene rings is 1. The van der Waals surface area contributed by atoms with Crippen molar-refractivity contribution >= 4 is 50.0 Å². The van der Waals surface area contributed by atoms with Crippen LogP contribution in [0, 0.1) is 0 Å². The van der Waals surface area contributed by atoms with Gasteiger partial charge in [-0.15, -0.1) is 0 Å². The van der Waals surface area contributed by atoms with Crippen LogP contribution >= 0.6 is 23.4 Å². The second-order valence-corrected chi connectivity index (χ2v) is 9.58. The lowest BCUT2D eigenvalue weighted by Crippen LogP contribution is -2.39. The van der Waals surface area contributed by atoms with Crippen LogP contribution in [0.3, 0.4) is 0 Å². The van der Waals surface area contributed by atoms with Gasteiger partial charge in [0.25, 0.3) is 0 Å². The molecular formula is C15H18ClN3O3S2. The molecule has 1 aromatic rings. The number of hydrogen-bond acceptors (Lipinski definition) is 6. The van der Waals surface area contributed by atoms with Gasteiger partial charge in [0.1, 0.15) is 0 Å². The van der Waals surface area contributed by atoms with Gasteiger partial charge in [0.2, 0.25) is 5.91 Å². The van der Waals surface area contributed by atoms with E-state index in [0.29, 0.717) is 10.2 Å². The highest BCUT2D eigenvalue weighted by Gasteiger charge is 2.47. The Balaban J connectivity index is 1.87. The molecule has 9 heteroatoms. The van der Waals surface area contributed by atoms with Crippen LogP contribution in [-0.4, -0.2) is 67.8 Å². The van der Waals surface area contributed by atoms with E-state index >= 15 is 0 Å². The molecule has 2 aliphatic heterocycles. The Labute approximate surface area is 150 Å². The second kappa shape index (κ2) is 6.57. The standard InChI is InChI=1S/C15H18ClN3O3S2/c1-18(2)14(20)7-23-15-17-12-8-24(21,22)9-13(12)19(15)11-5-3-10(16)4-6-11/h3-6,12-13H,7-9H2,1-2H3/t12-,13+/m1/s1. The fraction of sp³-hybridized carbons (Fsp3) is 0.467. The number of halogens is 1. The Bertz CT molecular complexity index is 778. The second-order valence-electron chi connectivity index (χ2n) is 6.05. The van der Waals surface area contributed by atoms with E-state index in [1.165, 1.54) is 16.7 Å². The number of anilines is 1. The molecule has 2 atom stereocenters. The molecule has 0 aliphatic carbocycles. The molecule has 0 N–H and O–H groups in total. The molecule has 0 saturated carbocycles. The monoisotopic (exact) mass is 387 g/mol. The van der Waals surface area contributed by atoms with E-state index in [1.807, 2.05) is 17.0 Å². The maximum absolute atomic E-state index is 12.0. The van der Waals surface area contributed by atoms with Gasteiger partial charge in [-0.25, -0.2) is 8.42 Å². The van der Waals surface area contributed by atoms with Crippen LogP contribution in [0.25, 0.3) is 0 Å². The molecule has 0 radical (unpaired) electrons. The molecule has 1 fully saturated rings. The number of aliphatic imine (C=N–C) groups is 1. The minimum atomic E-state index is -3.08. The summed E-state index contributed by atoms with van der Waals surface area (Å²) in [4.78, 5) is 19.9. The molecule has 24 heavy (non-hydrogen) atoms. The van der Waals surface area contributed by atoms with E-state index in [0.717, 1.165) is 5.69 Å². The highest BCUT2D eigenvalue weighted by atomic mass is 35.5. The van der Waals surface area contributed by atoms with Crippen LogP contribution < -0.4 is 4.90 Å². The third kappa shape index (κ3) is 3.55. The minimum absolute atomic E-state index is 0.0107. The van der Waals surface area contributed by atoms with E-state index in [-0.39, 0.29) is 35.2 Å². The van der Waals surface area contributed by atoms with Crippen LogP contribution in [0.15, 0.2) is 29.3 Å². The van der Waals surface area contributed by atoms with Crippen molar-refractivity contribution in [2.45, 2.75) is 12.1 Å². The first-order chi connectivity index (χ1) is 11.3. The number of hydrogen-bond donors (Lipinski definition) is 0. The summed E-state index contributed by atoms with van der Waals surface area (Å²) in [5.74, 6) is 0.397. The van der Waals surface area contributed by atoms with Crippen LogP contribution in [0.2, 0.25) is 5.02 Å². The molecule has 1 saturated heterocycles. The first kappa shape index (κ1) is 17.6. The molecule has 1 amide bonds. The number of nitrogens with zero attached hydrogens (tertiary/aromatic N) is 3. The van der Waals surface area contributed by atoms with E-state index in [1.54, 1.807) is 26.2 Å². The predicted molar refractivity (Wildman–Crippen MR) is 98.7 cm³/mol. The van der Waals surface area contributed by atoms with Gasteiger partial charge in [-0.05, 0) is 24.3 Å².